The molecule has 1 fully saturated rings. The Labute approximate surface area is 114 Å². The third kappa shape index (κ3) is 2.42. The lowest BCUT2D eigenvalue weighted by Gasteiger charge is -2.27. The molecule has 0 amide bonds. The Morgan fingerprint density at radius 3 is 2.78 bits per heavy atom. The van der Waals surface area contributed by atoms with Crippen molar-refractivity contribution in [3.63, 3.8) is 0 Å². The first-order valence-electron chi connectivity index (χ1n) is 6.58. The molecule has 0 aliphatic carbocycles. The number of hydrogen-bond donors (Lipinski definition) is 1. The van der Waals surface area contributed by atoms with Gasteiger partial charge < -0.3 is 10.1 Å². The van der Waals surface area contributed by atoms with Crippen molar-refractivity contribution in [2.24, 2.45) is 5.92 Å². The summed E-state index contributed by atoms with van der Waals surface area (Å²) >= 11 is 6.31. The Bertz CT molecular complexity index is 405. The van der Waals surface area contributed by atoms with Crippen molar-refractivity contribution >= 4 is 11.6 Å². The molecule has 4 nitrogen and oxygen atoms in total. The van der Waals surface area contributed by atoms with Gasteiger partial charge in [0, 0.05) is 12.6 Å². The molecule has 18 heavy (non-hydrogen) atoms. The monoisotopic (exact) mass is 271 g/mol. The second-order valence-corrected chi connectivity index (χ2v) is 5.69. The standard InChI is InChI=1S/C13H22ClN3O/c1-8(2)17-12(10(14)7-16-17)11(15-4)13-9(3)5-6-18-13/h7-9,11,13,15H,5-6H2,1-4H3. The Balaban J connectivity index is 2.35. The van der Waals surface area contributed by atoms with Gasteiger partial charge in [0.25, 0.3) is 0 Å². The molecule has 102 valence electrons. The highest BCUT2D eigenvalue weighted by atomic mass is 35.5. The molecule has 0 spiro atoms. The molecular weight excluding hydrogens is 250 g/mol. The van der Waals surface area contributed by atoms with Crippen molar-refractivity contribution in [1.29, 1.82) is 0 Å². The van der Waals surface area contributed by atoms with Gasteiger partial charge in [-0.15, -0.1) is 0 Å². The molecule has 1 N–H and O–H groups in total. The predicted molar refractivity (Wildman–Crippen MR) is 72.9 cm³/mol. The van der Waals surface area contributed by atoms with E-state index >= 15 is 0 Å². The van der Waals surface area contributed by atoms with E-state index in [4.69, 9.17) is 16.3 Å². The molecule has 2 heterocycles. The number of rotatable bonds is 4. The molecule has 3 atom stereocenters. The average Bonchev–Trinajstić information content (AvgIpc) is 2.89. The third-order valence-electron chi connectivity index (χ3n) is 3.65. The van der Waals surface area contributed by atoms with Crippen LogP contribution >= 0.6 is 11.6 Å². The number of likely N-dealkylation sites (N-methyl/N-ethyl adjacent to an activating group) is 1. The molecule has 1 saturated heterocycles. The summed E-state index contributed by atoms with van der Waals surface area (Å²) in [5.74, 6) is 0.536. The van der Waals surface area contributed by atoms with Gasteiger partial charge in [0.05, 0.1) is 29.1 Å². The average molecular weight is 272 g/mol. The lowest BCUT2D eigenvalue weighted by molar-refractivity contribution is 0.0600. The van der Waals surface area contributed by atoms with Gasteiger partial charge in [-0.3, -0.25) is 4.68 Å². The highest BCUT2D eigenvalue weighted by Crippen LogP contribution is 2.35. The molecule has 0 radical (unpaired) electrons. The van der Waals surface area contributed by atoms with E-state index in [-0.39, 0.29) is 12.1 Å². The van der Waals surface area contributed by atoms with Gasteiger partial charge in [-0.2, -0.15) is 5.10 Å². The van der Waals surface area contributed by atoms with Gasteiger partial charge in [0.15, 0.2) is 0 Å². The minimum absolute atomic E-state index is 0.0971. The molecule has 0 bridgehead atoms. The van der Waals surface area contributed by atoms with Gasteiger partial charge in [0.2, 0.25) is 0 Å². The summed E-state index contributed by atoms with van der Waals surface area (Å²) in [6.45, 7) is 7.28. The molecule has 1 aliphatic heterocycles. The maximum Gasteiger partial charge on any atom is 0.0835 e. The molecule has 1 aromatic heterocycles. The second-order valence-electron chi connectivity index (χ2n) is 5.28. The largest absolute Gasteiger partial charge is 0.376 e. The summed E-state index contributed by atoms with van der Waals surface area (Å²) in [4.78, 5) is 0. The van der Waals surface area contributed by atoms with Crippen LogP contribution in [0.4, 0.5) is 0 Å². The maximum absolute atomic E-state index is 6.31. The summed E-state index contributed by atoms with van der Waals surface area (Å²) in [5.41, 5.74) is 1.04. The quantitative estimate of drug-likeness (QED) is 0.915. The fraction of sp³-hybridized carbons (Fsp3) is 0.769. The zero-order valence-electron chi connectivity index (χ0n) is 11.5. The molecule has 3 unspecified atom stereocenters. The van der Waals surface area contributed by atoms with Crippen LogP contribution in [0.2, 0.25) is 5.02 Å². The van der Waals surface area contributed by atoms with Crippen LogP contribution < -0.4 is 5.32 Å². The Kier molecular flexibility index (Phi) is 4.30. The number of nitrogens with zero attached hydrogens (tertiary/aromatic N) is 2. The molecular formula is C13H22ClN3O. The SMILES string of the molecule is CNC(c1c(Cl)cnn1C(C)C)C1OCCC1C. The number of nitrogens with one attached hydrogen (secondary N) is 1. The second kappa shape index (κ2) is 5.59. The molecule has 1 aromatic rings. The Morgan fingerprint density at radius 2 is 2.28 bits per heavy atom. The summed E-state index contributed by atoms with van der Waals surface area (Å²) in [7, 11) is 1.95. The van der Waals surface area contributed by atoms with Crippen LogP contribution in [0, 0.1) is 5.92 Å². The van der Waals surface area contributed by atoms with E-state index in [9.17, 15) is 0 Å². The van der Waals surface area contributed by atoms with Crippen LogP contribution in [0.25, 0.3) is 0 Å². The zero-order chi connectivity index (χ0) is 13.3. The van der Waals surface area contributed by atoms with E-state index in [1.165, 1.54) is 0 Å². The minimum atomic E-state index is 0.0971. The lowest BCUT2D eigenvalue weighted by Crippen LogP contribution is -2.34. The van der Waals surface area contributed by atoms with Gasteiger partial charge in [-0.1, -0.05) is 18.5 Å². The maximum atomic E-state index is 6.31. The lowest BCUT2D eigenvalue weighted by atomic mass is 9.95. The summed E-state index contributed by atoms with van der Waals surface area (Å²) in [6, 6.07) is 0.389. The highest BCUT2D eigenvalue weighted by Gasteiger charge is 2.35. The minimum Gasteiger partial charge on any atom is -0.376 e. The first-order valence-corrected chi connectivity index (χ1v) is 6.95. The fourth-order valence-electron chi connectivity index (χ4n) is 2.65. The van der Waals surface area contributed by atoms with E-state index in [0.717, 1.165) is 18.7 Å². The Hall–Kier alpha value is -0.580. The van der Waals surface area contributed by atoms with E-state index < -0.39 is 0 Å². The molecule has 0 aromatic carbocycles. The summed E-state index contributed by atoms with van der Waals surface area (Å²) in [6.07, 6.45) is 3.00. The van der Waals surface area contributed by atoms with E-state index in [0.29, 0.717) is 17.0 Å². The predicted octanol–water partition coefficient (Wildman–Crippen LogP) is 2.80. The van der Waals surface area contributed by atoms with Crippen LogP contribution in [0.1, 0.15) is 45.0 Å². The van der Waals surface area contributed by atoms with Crippen molar-refractivity contribution in [1.82, 2.24) is 15.1 Å². The number of hydrogen-bond acceptors (Lipinski definition) is 3. The molecule has 0 saturated carbocycles. The Morgan fingerprint density at radius 1 is 1.56 bits per heavy atom. The smallest absolute Gasteiger partial charge is 0.0835 e. The van der Waals surface area contributed by atoms with Crippen molar-refractivity contribution in [2.45, 2.75) is 45.4 Å². The van der Waals surface area contributed by atoms with Gasteiger partial charge in [-0.25, -0.2) is 0 Å². The highest BCUT2D eigenvalue weighted by molar-refractivity contribution is 6.31. The van der Waals surface area contributed by atoms with E-state index in [1.807, 2.05) is 11.7 Å². The normalized spacial score (nSPS) is 25.9. The number of aromatic nitrogens is 2. The van der Waals surface area contributed by atoms with Crippen molar-refractivity contribution in [3.05, 3.63) is 16.9 Å². The first-order chi connectivity index (χ1) is 8.56. The van der Waals surface area contributed by atoms with Crippen molar-refractivity contribution in [2.75, 3.05) is 13.7 Å². The zero-order valence-corrected chi connectivity index (χ0v) is 12.2. The van der Waals surface area contributed by atoms with E-state index in [2.05, 4.69) is 31.2 Å². The van der Waals surface area contributed by atoms with Gasteiger partial charge >= 0.3 is 0 Å². The molecule has 5 heteroatoms. The topological polar surface area (TPSA) is 39.1 Å². The van der Waals surface area contributed by atoms with E-state index in [1.54, 1.807) is 6.20 Å². The van der Waals surface area contributed by atoms with Crippen molar-refractivity contribution in [3.8, 4) is 0 Å². The van der Waals surface area contributed by atoms with Crippen LogP contribution in [0.3, 0.4) is 0 Å². The molecule has 2 rings (SSSR count). The fourth-order valence-corrected chi connectivity index (χ4v) is 2.90. The number of ether oxygens (including phenoxy) is 1. The number of halogens is 1. The van der Waals surface area contributed by atoms with Crippen LogP contribution in [0.5, 0.6) is 0 Å². The summed E-state index contributed by atoms with van der Waals surface area (Å²) < 4.78 is 7.85. The van der Waals surface area contributed by atoms with Crippen LogP contribution in [-0.2, 0) is 4.74 Å². The van der Waals surface area contributed by atoms with Gasteiger partial charge in [-0.05, 0) is 33.2 Å². The van der Waals surface area contributed by atoms with Gasteiger partial charge in [0.1, 0.15) is 0 Å². The van der Waals surface area contributed by atoms with Crippen LogP contribution in [0.15, 0.2) is 6.20 Å². The van der Waals surface area contributed by atoms with Crippen molar-refractivity contribution < 1.29 is 4.74 Å². The summed E-state index contributed by atoms with van der Waals surface area (Å²) in [5, 5.41) is 8.43. The van der Waals surface area contributed by atoms with Crippen LogP contribution in [-0.4, -0.2) is 29.5 Å². The first kappa shape index (κ1) is 13.8. The molecule has 1 aliphatic rings. The third-order valence-corrected chi connectivity index (χ3v) is 3.95.